The van der Waals surface area contributed by atoms with Crippen molar-refractivity contribution in [2.75, 3.05) is 10.2 Å². The second kappa shape index (κ2) is 6.40. The number of hydrogen-bond donors (Lipinski definition) is 1. The molecule has 3 aromatic rings. The first-order valence-electron chi connectivity index (χ1n) is 8.46. The minimum Gasteiger partial charge on any atom is -0.361 e. The van der Waals surface area contributed by atoms with Crippen LogP contribution in [0.2, 0.25) is 0 Å². The zero-order valence-electron chi connectivity index (χ0n) is 14.0. The van der Waals surface area contributed by atoms with Crippen LogP contribution >= 0.6 is 0 Å². The molecule has 0 unspecified atom stereocenters. The number of nitrogens with zero attached hydrogens (tertiary/aromatic N) is 2. The predicted octanol–water partition coefficient (Wildman–Crippen LogP) is 4.42. The lowest BCUT2D eigenvalue weighted by Crippen LogP contribution is -2.32. The molecule has 1 N–H and O–H groups in total. The highest BCUT2D eigenvalue weighted by Crippen LogP contribution is 2.37. The van der Waals surface area contributed by atoms with Crippen LogP contribution in [0.3, 0.4) is 0 Å². The van der Waals surface area contributed by atoms with Crippen LogP contribution in [0.1, 0.15) is 34.6 Å². The number of nitrogens with one attached hydrogen (secondary N) is 1. The molecule has 1 aromatic heterocycles. The summed E-state index contributed by atoms with van der Waals surface area (Å²) in [6, 6.07) is 19.8. The van der Waals surface area contributed by atoms with E-state index in [1.807, 2.05) is 48.5 Å². The van der Waals surface area contributed by atoms with Crippen molar-refractivity contribution >= 4 is 17.3 Å². The van der Waals surface area contributed by atoms with Crippen molar-refractivity contribution in [1.82, 2.24) is 4.98 Å². The maximum Gasteiger partial charge on any atom is 0.260 e. The van der Waals surface area contributed by atoms with Crippen molar-refractivity contribution in [2.45, 2.75) is 19.5 Å². The Morgan fingerprint density at radius 3 is 2.76 bits per heavy atom. The zero-order valence-corrected chi connectivity index (χ0v) is 14.0. The van der Waals surface area contributed by atoms with Gasteiger partial charge >= 0.3 is 0 Å². The summed E-state index contributed by atoms with van der Waals surface area (Å²) in [4.78, 5) is 18.9. The van der Waals surface area contributed by atoms with Crippen molar-refractivity contribution < 1.29 is 4.79 Å². The molecular weight excluding hydrogens is 310 g/mol. The quantitative estimate of drug-likeness (QED) is 0.771. The Bertz CT molecular complexity index is 908. The van der Waals surface area contributed by atoms with E-state index < -0.39 is 0 Å². The van der Waals surface area contributed by atoms with Crippen LogP contribution in [0.5, 0.6) is 0 Å². The average Bonchev–Trinajstić information content (AvgIpc) is 2.95. The number of amides is 1. The number of fused-ring (bicyclic) bond motifs is 1. The maximum atomic E-state index is 13.0. The Labute approximate surface area is 147 Å². The summed E-state index contributed by atoms with van der Waals surface area (Å²) in [5.74, 6) is -0.00672. The number of aromatic nitrogens is 1. The van der Waals surface area contributed by atoms with E-state index in [0.29, 0.717) is 0 Å². The molecule has 4 heteroatoms. The molecule has 2 aromatic carbocycles. The summed E-state index contributed by atoms with van der Waals surface area (Å²) in [5, 5.41) is 3.53. The molecule has 0 radical (unpaired) electrons. The van der Waals surface area contributed by atoms with Crippen molar-refractivity contribution in [3.8, 4) is 0 Å². The summed E-state index contributed by atoms with van der Waals surface area (Å²) >= 11 is 0. The van der Waals surface area contributed by atoms with Gasteiger partial charge in [0.15, 0.2) is 0 Å². The van der Waals surface area contributed by atoms with Crippen LogP contribution in [0, 0.1) is 0 Å². The van der Waals surface area contributed by atoms with Gasteiger partial charge in [-0.25, -0.2) is 0 Å². The van der Waals surface area contributed by atoms with Crippen LogP contribution in [0.4, 0.5) is 11.4 Å². The van der Waals surface area contributed by atoms with E-state index in [2.05, 4.69) is 29.4 Å². The number of carbonyl (C=O) groups is 1. The third-order valence-electron chi connectivity index (χ3n) is 4.53. The van der Waals surface area contributed by atoms with Crippen LogP contribution < -0.4 is 10.2 Å². The van der Waals surface area contributed by atoms with Gasteiger partial charge in [0, 0.05) is 23.0 Å². The SMILES string of the molecule is CCc1cccc(N[C@H]2c3ccccc3C(=O)N2c2cccnc2)c1. The Kier molecular flexibility index (Phi) is 3.94. The van der Waals surface area contributed by atoms with Crippen molar-refractivity contribution in [2.24, 2.45) is 0 Å². The number of aryl methyl sites for hydroxylation is 1. The fraction of sp³-hybridized carbons (Fsp3) is 0.143. The van der Waals surface area contributed by atoms with E-state index in [-0.39, 0.29) is 12.1 Å². The largest absolute Gasteiger partial charge is 0.361 e. The normalized spacial score (nSPS) is 16.0. The fourth-order valence-corrected chi connectivity index (χ4v) is 3.26. The first-order valence-corrected chi connectivity index (χ1v) is 8.46. The van der Waals surface area contributed by atoms with E-state index >= 15 is 0 Å². The van der Waals surface area contributed by atoms with Crippen molar-refractivity contribution in [3.63, 3.8) is 0 Å². The van der Waals surface area contributed by atoms with Crippen LogP contribution in [0.25, 0.3) is 0 Å². The van der Waals surface area contributed by atoms with E-state index in [0.717, 1.165) is 28.9 Å². The number of rotatable bonds is 4. The highest BCUT2D eigenvalue weighted by atomic mass is 16.2. The lowest BCUT2D eigenvalue weighted by atomic mass is 10.1. The van der Waals surface area contributed by atoms with E-state index in [1.165, 1.54) is 5.56 Å². The standard InChI is InChI=1S/C21H19N3O/c1-2-15-7-5-8-16(13-15)23-20-18-10-3-4-11-19(18)21(25)24(20)17-9-6-12-22-14-17/h3-14,20,23H,2H2,1H3/t20-/m1/s1. The van der Waals surface area contributed by atoms with Gasteiger partial charge in [-0.05, 0) is 42.3 Å². The van der Waals surface area contributed by atoms with Gasteiger partial charge < -0.3 is 5.32 Å². The Morgan fingerprint density at radius 2 is 1.96 bits per heavy atom. The molecule has 1 amide bonds. The number of hydrogen-bond acceptors (Lipinski definition) is 3. The molecule has 4 rings (SSSR count). The number of pyridine rings is 1. The highest BCUT2D eigenvalue weighted by Gasteiger charge is 2.37. The van der Waals surface area contributed by atoms with Gasteiger partial charge in [-0.3, -0.25) is 14.7 Å². The zero-order chi connectivity index (χ0) is 17.2. The molecule has 0 fully saturated rings. The molecule has 2 heterocycles. The number of carbonyl (C=O) groups excluding carboxylic acids is 1. The van der Waals surface area contributed by atoms with Gasteiger partial charge in [0.05, 0.1) is 11.9 Å². The van der Waals surface area contributed by atoms with Gasteiger partial charge in [-0.2, -0.15) is 0 Å². The van der Waals surface area contributed by atoms with Gasteiger partial charge in [0.1, 0.15) is 6.17 Å². The predicted molar refractivity (Wildman–Crippen MR) is 99.7 cm³/mol. The van der Waals surface area contributed by atoms with Gasteiger partial charge in [-0.1, -0.05) is 37.3 Å². The molecule has 4 nitrogen and oxygen atoms in total. The van der Waals surface area contributed by atoms with Gasteiger partial charge in [0.25, 0.3) is 5.91 Å². The molecule has 1 atom stereocenters. The lowest BCUT2D eigenvalue weighted by Gasteiger charge is -2.27. The van der Waals surface area contributed by atoms with Crippen molar-refractivity contribution in [1.29, 1.82) is 0 Å². The summed E-state index contributed by atoms with van der Waals surface area (Å²) < 4.78 is 0. The Balaban J connectivity index is 1.77. The summed E-state index contributed by atoms with van der Waals surface area (Å²) in [6.45, 7) is 2.13. The maximum absolute atomic E-state index is 13.0. The van der Waals surface area contributed by atoms with Crippen molar-refractivity contribution in [3.05, 3.63) is 89.7 Å². The molecule has 1 aliphatic heterocycles. The summed E-state index contributed by atoms with van der Waals surface area (Å²) in [7, 11) is 0. The minimum atomic E-state index is -0.250. The molecule has 25 heavy (non-hydrogen) atoms. The second-order valence-corrected chi connectivity index (χ2v) is 6.07. The topological polar surface area (TPSA) is 45.2 Å². The average molecular weight is 329 g/mol. The van der Waals surface area contributed by atoms with Crippen LogP contribution in [0.15, 0.2) is 73.1 Å². The molecule has 0 spiro atoms. The van der Waals surface area contributed by atoms with Gasteiger partial charge in [-0.15, -0.1) is 0 Å². The Hall–Kier alpha value is -3.14. The van der Waals surface area contributed by atoms with Crippen LogP contribution in [-0.4, -0.2) is 10.9 Å². The fourth-order valence-electron chi connectivity index (χ4n) is 3.26. The van der Waals surface area contributed by atoms with Crippen LogP contribution in [-0.2, 0) is 6.42 Å². The molecule has 0 saturated carbocycles. The smallest absolute Gasteiger partial charge is 0.260 e. The van der Waals surface area contributed by atoms with E-state index in [9.17, 15) is 4.79 Å². The first kappa shape index (κ1) is 15.4. The molecule has 124 valence electrons. The highest BCUT2D eigenvalue weighted by molar-refractivity contribution is 6.11. The van der Waals surface area contributed by atoms with Gasteiger partial charge in [0.2, 0.25) is 0 Å². The third-order valence-corrected chi connectivity index (χ3v) is 4.53. The molecule has 1 aliphatic rings. The van der Waals surface area contributed by atoms with E-state index in [4.69, 9.17) is 0 Å². The first-order chi connectivity index (χ1) is 12.3. The number of anilines is 2. The molecule has 0 saturated heterocycles. The second-order valence-electron chi connectivity index (χ2n) is 6.07. The molecule has 0 aliphatic carbocycles. The summed E-state index contributed by atoms with van der Waals surface area (Å²) in [6.07, 6.45) is 4.16. The lowest BCUT2D eigenvalue weighted by molar-refractivity contribution is 0.0993. The molecular formula is C21H19N3O. The third kappa shape index (κ3) is 2.76. The summed E-state index contributed by atoms with van der Waals surface area (Å²) in [5.41, 5.74) is 4.76. The van der Waals surface area contributed by atoms with E-state index in [1.54, 1.807) is 17.3 Å². The Morgan fingerprint density at radius 1 is 1.08 bits per heavy atom. The number of benzene rings is 2. The minimum absolute atomic E-state index is 0.00672. The molecule has 0 bridgehead atoms. The monoisotopic (exact) mass is 329 g/mol.